The lowest BCUT2D eigenvalue weighted by atomic mass is 9.80. The molecule has 0 radical (unpaired) electrons. The van der Waals surface area contributed by atoms with E-state index < -0.39 is 17.7 Å². The van der Waals surface area contributed by atoms with Gasteiger partial charge >= 0.3 is 12.1 Å². The van der Waals surface area contributed by atoms with Crippen LogP contribution in [-0.4, -0.2) is 32.6 Å². The number of hydrogen-bond donors (Lipinski definition) is 4. The molecule has 0 aromatic heterocycles. The van der Waals surface area contributed by atoms with Gasteiger partial charge in [0.25, 0.3) is 0 Å². The van der Waals surface area contributed by atoms with Crippen molar-refractivity contribution in [2.75, 3.05) is 0 Å². The molecule has 4 rings (SSSR count). The van der Waals surface area contributed by atoms with E-state index in [1.165, 1.54) is 0 Å². The number of esters is 1. The van der Waals surface area contributed by atoms with Gasteiger partial charge in [-0.05, 0) is 30.3 Å². The van der Waals surface area contributed by atoms with Crippen LogP contribution in [0.1, 0.15) is 27.0 Å². The first-order valence-electron chi connectivity index (χ1n) is 8.18. The fourth-order valence-electron chi connectivity index (χ4n) is 3.20. The number of hydrogen-bond acceptors (Lipinski definition) is 5. The number of rotatable bonds is 2. The lowest BCUT2D eigenvalue weighted by molar-refractivity contribution is 0.0251. The molecule has 0 saturated carbocycles. The van der Waals surface area contributed by atoms with Crippen molar-refractivity contribution in [3.05, 3.63) is 95.1 Å². The van der Waals surface area contributed by atoms with Gasteiger partial charge in [-0.25, -0.2) is 9.59 Å². The number of carbonyl (C=O) groups excluding carboxylic acids is 1. The number of aromatic hydroxyl groups is 2. The Morgan fingerprint density at radius 1 is 0.750 bits per heavy atom. The summed E-state index contributed by atoms with van der Waals surface area (Å²) in [5.41, 5.74) is 1.60. The number of cyclic esters (lactones) is 1. The predicted molar refractivity (Wildman–Crippen MR) is 98.6 cm³/mol. The Hall–Kier alpha value is -4.00. The summed E-state index contributed by atoms with van der Waals surface area (Å²) in [4.78, 5) is 21.0. The maximum absolute atomic E-state index is 12.4. The second-order valence-corrected chi connectivity index (χ2v) is 5.99. The molecule has 0 atom stereocenters. The fourth-order valence-corrected chi connectivity index (χ4v) is 3.20. The minimum absolute atomic E-state index is 0.136. The Balaban J connectivity index is 0.000000516. The Kier molecular flexibility index (Phi) is 4.91. The van der Waals surface area contributed by atoms with Gasteiger partial charge in [-0.1, -0.05) is 42.5 Å². The summed E-state index contributed by atoms with van der Waals surface area (Å²) in [5, 5.41) is 33.1. The number of phenolic OH excluding ortho intramolecular Hbond substituents is 2. The van der Waals surface area contributed by atoms with Gasteiger partial charge in [0, 0.05) is 16.7 Å². The summed E-state index contributed by atoms with van der Waals surface area (Å²) in [6.07, 6.45) is -1.83. The van der Waals surface area contributed by atoms with Crippen LogP contribution in [0.3, 0.4) is 0 Å². The van der Waals surface area contributed by atoms with Crippen LogP contribution in [0.5, 0.6) is 11.5 Å². The first kappa shape index (κ1) is 18.8. The lowest BCUT2D eigenvalue weighted by Gasteiger charge is -2.30. The maximum Gasteiger partial charge on any atom is 0.503 e. The molecular weight excluding hydrogens is 364 g/mol. The van der Waals surface area contributed by atoms with Crippen LogP contribution in [0.15, 0.2) is 72.8 Å². The zero-order valence-corrected chi connectivity index (χ0v) is 14.4. The second kappa shape index (κ2) is 7.32. The van der Waals surface area contributed by atoms with E-state index in [9.17, 15) is 15.0 Å². The molecule has 4 N–H and O–H groups in total. The third kappa shape index (κ3) is 3.33. The highest BCUT2D eigenvalue weighted by Crippen LogP contribution is 2.47. The van der Waals surface area contributed by atoms with Crippen LogP contribution in [0.25, 0.3) is 0 Å². The smallest absolute Gasteiger partial charge is 0.503 e. The van der Waals surface area contributed by atoms with Crippen molar-refractivity contribution in [2.45, 2.75) is 5.60 Å². The Labute approximate surface area is 159 Å². The minimum Gasteiger partial charge on any atom is -0.508 e. The monoisotopic (exact) mass is 380 g/mol. The summed E-state index contributed by atoms with van der Waals surface area (Å²) >= 11 is 0. The Morgan fingerprint density at radius 2 is 1.18 bits per heavy atom. The first-order valence-corrected chi connectivity index (χ1v) is 8.18. The normalized spacial score (nSPS) is 13.6. The van der Waals surface area contributed by atoms with Gasteiger partial charge in [-0.15, -0.1) is 0 Å². The number of carbonyl (C=O) groups is 2. The van der Waals surface area contributed by atoms with E-state index >= 15 is 0 Å². The Morgan fingerprint density at radius 3 is 1.64 bits per heavy atom. The summed E-state index contributed by atoms with van der Waals surface area (Å²) in [5.74, 6) is -0.124. The number of carboxylic acid groups (broad SMARTS) is 2. The average Bonchev–Trinajstić information content (AvgIpc) is 2.97. The summed E-state index contributed by atoms with van der Waals surface area (Å²) in [6, 6.07) is 20.4. The van der Waals surface area contributed by atoms with Gasteiger partial charge in [0.1, 0.15) is 11.5 Å². The summed E-state index contributed by atoms with van der Waals surface area (Å²) in [6.45, 7) is 0. The van der Waals surface area contributed by atoms with Crippen molar-refractivity contribution >= 4 is 12.1 Å². The molecule has 0 spiro atoms. The minimum atomic E-state index is -1.83. The number of phenols is 2. The van der Waals surface area contributed by atoms with E-state index in [2.05, 4.69) is 0 Å². The van der Waals surface area contributed by atoms with Crippen molar-refractivity contribution in [2.24, 2.45) is 0 Å². The Bertz CT molecular complexity index is 958. The SMILES string of the molecule is O=C(O)O.O=C1OC(c2ccc(O)cc2)(c2ccc(O)cc2)c2ccccc21. The first-order chi connectivity index (χ1) is 13.3. The zero-order valence-electron chi connectivity index (χ0n) is 14.4. The van der Waals surface area contributed by atoms with E-state index in [4.69, 9.17) is 19.7 Å². The molecule has 1 aliphatic rings. The molecule has 7 heteroatoms. The van der Waals surface area contributed by atoms with Gasteiger partial charge in [-0.2, -0.15) is 0 Å². The molecule has 142 valence electrons. The van der Waals surface area contributed by atoms with Crippen LogP contribution in [-0.2, 0) is 10.3 Å². The molecule has 28 heavy (non-hydrogen) atoms. The van der Waals surface area contributed by atoms with Crippen molar-refractivity contribution in [1.82, 2.24) is 0 Å². The van der Waals surface area contributed by atoms with Crippen LogP contribution < -0.4 is 0 Å². The van der Waals surface area contributed by atoms with Gasteiger partial charge in [-0.3, -0.25) is 0 Å². The van der Waals surface area contributed by atoms with Crippen molar-refractivity contribution < 1.29 is 34.8 Å². The highest BCUT2D eigenvalue weighted by molar-refractivity contribution is 5.96. The highest BCUT2D eigenvalue weighted by Gasteiger charge is 2.48. The molecule has 3 aromatic carbocycles. The second-order valence-electron chi connectivity index (χ2n) is 5.99. The predicted octanol–water partition coefficient (Wildman–Crippen LogP) is 3.78. The quantitative estimate of drug-likeness (QED) is 0.499. The lowest BCUT2D eigenvalue weighted by Crippen LogP contribution is -2.29. The van der Waals surface area contributed by atoms with Gasteiger partial charge < -0.3 is 25.2 Å². The molecule has 1 heterocycles. The molecule has 0 bridgehead atoms. The molecule has 0 fully saturated rings. The number of fused-ring (bicyclic) bond motifs is 1. The van der Waals surface area contributed by atoms with E-state index in [1.54, 1.807) is 60.7 Å². The van der Waals surface area contributed by atoms with E-state index in [0.29, 0.717) is 5.56 Å². The molecule has 0 unspecified atom stereocenters. The van der Waals surface area contributed by atoms with Crippen LogP contribution in [0.2, 0.25) is 0 Å². The largest absolute Gasteiger partial charge is 0.508 e. The molecule has 3 aromatic rings. The van der Waals surface area contributed by atoms with Gasteiger partial charge in [0.05, 0.1) is 5.56 Å². The van der Waals surface area contributed by atoms with Crippen LogP contribution >= 0.6 is 0 Å². The van der Waals surface area contributed by atoms with E-state index in [-0.39, 0.29) is 11.5 Å². The number of ether oxygens (including phenoxy) is 1. The molecule has 7 nitrogen and oxygen atoms in total. The molecule has 0 saturated heterocycles. The zero-order chi connectivity index (χ0) is 20.3. The van der Waals surface area contributed by atoms with Crippen molar-refractivity contribution in [3.63, 3.8) is 0 Å². The van der Waals surface area contributed by atoms with E-state index in [1.807, 2.05) is 12.1 Å². The van der Waals surface area contributed by atoms with Crippen LogP contribution in [0.4, 0.5) is 4.79 Å². The van der Waals surface area contributed by atoms with Gasteiger partial charge in [0.15, 0.2) is 5.60 Å². The highest BCUT2D eigenvalue weighted by atomic mass is 16.6. The van der Waals surface area contributed by atoms with Crippen molar-refractivity contribution in [3.8, 4) is 11.5 Å². The van der Waals surface area contributed by atoms with Gasteiger partial charge in [0.2, 0.25) is 0 Å². The summed E-state index contributed by atoms with van der Waals surface area (Å²) < 4.78 is 5.87. The third-order valence-electron chi connectivity index (χ3n) is 4.32. The fraction of sp³-hybridized carbons (Fsp3) is 0.0476. The van der Waals surface area contributed by atoms with Crippen molar-refractivity contribution in [1.29, 1.82) is 0 Å². The molecular formula is C21H16O7. The molecule has 0 amide bonds. The molecule has 0 aliphatic carbocycles. The molecule has 1 aliphatic heterocycles. The summed E-state index contributed by atoms with van der Waals surface area (Å²) in [7, 11) is 0. The standard InChI is InChI=1S/C20H14O4.CH2O3/c21-15-9-5-13(6-10-15)20(14-7-11-16(22)12-8-14)18-4-2-1-3-17(18)19(23)24-20;2-1(3)4/h1-12,21-22H;(H2,2,3,4). The van der Waals surface area contributed by atoms with Crippen LogP contribution in [0, 0.1) is 0 Å². The average molecular weight is 380 g/mol. The number of benzene rings is 3. The maximum atomic E-state index is 12.4. The topological polar surface area (TPSA) is 124 Å². The third-order valence-corrected chi connectivity index (χ3v) is 4.32. The van der Waals surface area contributed by atoms with E-state index in [0.717, 1.165) is 16.7 Å².